The molecule has 0 radical (unpaired) electrons. The second kappa shape index (κ2) is 12.0. The summed E-state index contributed by atoms with van der Waals surface area (Å²) < 4.78 is 17.1. The first kappa shape index (κ1) is 26.4. The summed E-state index contributed by atoms with van der Waals surface area (Å²) in [7, 11) is 3.25. The molecule has 4 rings (SSSR count). The Labute approximate surface area is 213 Å². The van der Waals surface area contributed by atoms with Crippen molar-refractivity contribution >= 4 is 23.2 Å². The van der Waals surface area contributed by atoms with Crippen molar-refractivity contribution in [1.29, 1.82) is 0 Å². The quantitative estimate of drug-likeness (QED) is 0.346. The zero-order valence-electron chi connectivity index (χ0n) is 21.3. The highest BCUT2D eigenvalue weighted by molar-refractivity contribution is 6.30. The zero-order chi connectivity index (χ0) is 25.5. The number of hydrogen-bond donors (Lipinski definition) is 0. The molecule has 0 aliphatic carbocycles. The molecule has 5 nitrogen and oxygen atoms in total. The van der Waals surface area contributed by atoms with Crippen LogP contribution in [0.15, 0.2) is 60.7 Å². The Kier molecular flexibility index (Phi) is 9.05. The van der Waals surface area contributed by atoms with Crippen LogP contribution in [0.3, 0.4) is 0 Å². The highest BCUT2D eigenvalue weighted by atomic mass is 35.5. The highest BCUT2D eigenvalue weighted by Gasteiger charge is 2.36. The van der Waals surface area contributed by atoms with Gasteiger partial charge in [0.1, 0.15) is 5.75 Å². The van der Waals surface area contributed by atoms with E-state index in [4.69, 9.17) is 25.8 Å². The first-order chi connectivity index (χ1) is 16.9. The number of benzene rings is 3. The average molecular weight is 496 g/mol. The fraction of sp³-hybridized carbons (Fsp3) is 0.345. The van der Waals surface area contributed by atoms with Gasteiger partial charge >= 0.3 is 0 Å². The summed E-state index contributed by atoms with van der Waals surface area (Å²) >= 11 is 6.17. The van der Waals surface area contributed by atoms with Crippen molar-refractivity contribution < 1.29 is 19.0 Å². The molecule has 0 N–H and O–H groups in total. The van der Waals surface area contributed by atoms with E-state index in [1.807, 2.05) is 86.3 Å². The summed E-state index contributed by atoms with van der Waals surface area (Å²) in [6.07, 6.45) is 1.18. The molecule has 0 spiro atoms. The molecule has 186 valence electrons. The van der Waals surface area contributed by atoms with Crippen LogP contribution in [0.25, 0.3) is 0 Å². The lowest BCUT2D eigenvalue weighted by atomic mass is 9.86. The number of ether oxygens (including phenoxy) is 3. The van der Waals surface area contributed by atoms with Crippen molar-refractivity contribution in [2.75, 3.05) is 19.1 Å². The van der Waals surface area contributed by atoms with Crippen LogP contribution in [0.4, 0.5) is 5.69 Å². The van der Waals surface area contributed by atoms with E-state index in [-0.39, 0.29) is 24.5 Å². The molecular formula is C29H34ClNO4. The van der Waals surface area contributed by atoms with Gasteiger partial charge in [-0.1, -0.05) is 44.5 Å². The molecule has 0 aromatic heterocycles. The topological polar surface area (TPSA) is 48.0 Å². The third-order valence-electron chi connectivity index (χ3n) is 6.03. The van der Waals surface area contributed by atoms with Crippen molar-refractivity contribution in [3.05, 3.63) is 82.4 Å². The van der Waals surface area contributed by atoms with E-state index in [1.165, 1.54) is 0 Å². The highest BCUT2D eigenvalue weighted by Crippen LogP contribution is 2.44. The molecular weight excluding hydrogens is 462 g/mol. The second-order valence-electron chi connectivity index (χ2n) is 8.13. The van der Waals surface area contributed by atoms with Crippen LogP contribution in [-0.4, -0.2) is 26.2 Å². The first-order valence-corrected chi connectivity index (χ1v) is 12.4. The number of amides is 1. The van der Waals surface area contributed by atoms with Gasteiger partial charge in [-0.25, -0.2) is 0 Å². The lowest BCUT2D eigenvalue weighted by molar-refractivity contribution is -0.118. The molecule has 0 bridgehead atoms. The number of hydrogen-bond acceptors (Lipinski definition) is 4. The molecule has 0 fully saturated rings. The Hall–Kier alpha value is -3.18. The molecule has 6 heteroatoms. The first-order valence-electron chi connectivity index (χ1n) is 12.0. The van der Waals surface area contributed by atoms with E-state index in [0.717, 1.165) is 34.5 Å². The van der Waals surface area contributed by atoms with Crippen LogP contribution in [0.2, 0.25) is 5.02 Å². The van der Waals surface area contributed by atoms with Crippen LogP contribution in [0, 0.1) is 0 Å². The van der Waals surface area contributed by atoms with Crippen molar-refractivity contribution in [2.45, 2.75) is 52.7 Å². The van der Waals surface area contributed by atoms with Gasteiger partial charge in [0.25, 0.3) is 0 Å². The molecule has 3 aromatic rings. The van der Waals surface area contributed by atoms with Crippen LogP contribution in [0.5, 0.6) is 17.2 Å². The minimum atomic E-state index is -0.336. The van der Waals surface area contributed by atoms with Crippen molar-refractivity contribution in [3.63, 3.8) is 0 Å². The normalized spacial score (nSPS) is 15.5. The van der Waals surface area contributed by atoms with E-state index < -0.39 is 0 Å². The number of nitrogens with zero attached hydrogens (tertiary/aromatic N) is 1. The maximum atomic E-state index is 13.5. The standard InChI is InChI=1S/C27H28ClNO4.C2H6/c1-5-17(2)33-25-16-23-19(14-24(25)32-4)15-26(30)29(21-10-12-22(31-3)13-11-21)27(23)18-6-8-20(28)9-7-18;1-2/h6-14,16-17,27H,5,15H2,1-4H3;1-2H3/t17-,27+;/m0./s1. The molecule has 1 aliphatic heterocycles. The van der Waals surface area contributed by atoms with Gasteiger partial charge in [0.2, 0.25) is 5.91 Å². The maximum absolute atomic E-state index is 13.5. The van der Waals surface area contributed by atoms with Crippen molar-refractivity contribution in [2.24, 2.45) is 0 Å². The van der Waals surface area contributed by atoms with Crippen LogP contribution < -0.4 is 19.1 Å². The summed E-state index contributed by atoms with van der Waals surface area (Å²) in [5.74, 6) is 2.05. The Morgan fingerprint density at radius 1 is 0.971 bits per heavy atom. The fourth-order valence-electron chi connectivity index (χ4n) is 4.12. The van der Waals surface area contributed by atoms with Gasteiger partial charge in [-0.2, -0.15) is 0 Å². The Bertz CT molecular complexity index is 1130. The second-order valence-corrected chi connectivity index (χ2v) is 8.57. The molecule has 0 saturated heterocycles. The summed E-state index contributed by atoms with van der Waals surface area (Å²) in [5.41, 5.74) is 3.70. The lowest BCUT2D eigenvalue weighted by Crippen LogP contribution is -2.41. The summed E-state index contributed by atoms with van der Waals surface area (Å²) in [4.78, 5) is 15.3. The summed E-state index contributed by atoms with van der Waals surface area (Å²) in [5, 5.41) is 0.646. The smallest absolute Gasteiger partial charge is 0.232 e. The predicted molar refractivity (Wildman–Crippen MR) is 142 cm³/mol. The van der Waals surface area contributed by atoms with E-state index in [2.05, 4.69) is 6.92 Å². The molecule has 2 atom stereocenters. The molecule has 35 heavy (non-hydrogen) atoms. The van der Waals surface area contributed by atoms with Gasteiger partial charge in [0.15, 0.2) is 11.5 Å². The number of methoxy groups -OCH3 is 2. The zero-order valence-corrected chi connectivity index (χ0v) is 22.1. The Balaban J connectivity index is 0.00000167. The minimum Gasteiger partial charge on any atom is -0.497 e. The van der Waals surface area contributed by atoms with Crippen LogP contribution in [-0.2, 0) is 11.2 Å². The average Bonchev–Trinajstić information content (AvgIpc) is 2.89. The van der Waals surface area contributed by atoms with E-state index in [9.17, 15) is 4.79 Å². The molecule has 1 heterocycles. The lowest BCUT2D eigenvalue weighted by Gasteiger charge is -2.38. The van der Waals surface area contributed by atoms with Gasteiger partial charge in [-0.05, 0) is 78.6 Å². The largest absolute Gasteiger partial charge is 0.497 e. The SMILES string of the molecule is CC.CC[C@H](C)Oc1cc2c(cc1OC)CC(=O)N(c1ccc(OC)cc1)[C@@H]2c1ccc(Cl)cc1. The number of carbonyl (C=O) groups excluding carboxylic acids is 1. The summed E-state index contributed by atoms with van der Waals surface area (Å²) in [6, 6.07) is 18.8. The van der Waals surface area contributed by atoms with Crippen molar-refractivity contribution in [3.8, 4) is 17.2 Å². The van der Waals surface area contributed by atoms with Crippen molar-refractivity contribution in [1.82, 2.24) is 0 Å². The van der Waals surface area contributed by atoms with Gasteiger partial charge in [-0.3, -0.25) is 4.79 Å². The van der Waals surface area contributed by atoms with Gasteiger partial charge in [-0.15, -0.1) is 0 Å². The molecule has 0 unspecified atom stereocenters. The molecule has 3 aromatic carbocycles. The number of fused-ring (bicyclic) bond motifs is 1. The predicted octanol–water partition coefficient (Wildman–Crippen LogP) is 7.24. The number of anilines is 1. The van der Waals surface area contributed by atoms with E-state index >= 15 is 0 Å². The molecule has 1 aliphatic rings. The third-order valence-corrected chi connectivity index (χ3v) is 6.28. The van der Waals surface area contributed by atoms with Gasteiger partial charge in [0.05, 0.1) is 32.8 Å². The fourth-order valence-corrected chi connectivity index (χ4v) is 4.24. The molecule has 1 amide bonds. The minimum absolute atomic E-state index is 0.00487. The summed E-state index contributed by atoms with van der Waals surface area (Å²) in [6.45, 7) is 8.11. The molecule has 0 saturated carbocycles. The monoisotopic (exact) mass is 495 g/mol. The van der Waals surface area contributed by atoms with Crippen LogP contribution >= 0.6 is 11.6 Å². The number of carbonyl (C=O) groups is 1. The Morgan fingerprint density at radius 3 is 2.20 bits per heavy atom. The van der Waals surface area contributed by atoms with Gasteiger partial charge < -0.3 is 19.1 Å². The third kappa shape index (κ3) is 5.73. The Morgan fingerprint density at radius 2 is 1.63 bits per heavy atom. The van der Waals surface area contributed by atoms with E-state index in [0.29, 0.717) is 16.5 Å². The van der Waals surface area contributed by atoms with Gasteiger partial charge in [0, 0.05) is 10.7 Å². The number of rotatable bonds is 7. The van der Waals surface area contributed by atoms with Crippen LogP contribution in [0.1, 0.15) is 56.8 Å². The van der Waals surface area contributed by atoms with E-state index in [1.54, 1.807) is 14.2 Å². The number of halogens is 1. The maximum Gasteiger partial charge on any atom is 0.232 e.